The van der Waals surface area contributed by atoms with Crippen LogP contribution in [0.25, 0.3) is 11.3 Å². The van der Waals surface area contributed by atoms with Gasteiger partial charge in [0.05, 0.1) is 6.54 Å². The molecule has 2 aromatic carbocycles. The molecule has 0 atom stereocenters. The van der Waals surface area contributed by atoms with E-state index in [1.807, 2.05) is 30.3 Å². The van der Waals surface area contributed by atoms with E-state index in [4.69, 9.17) is 4.74 Å². The van der Waals surface area contributed by atoms with Gasteiger partial charge in [-0.3, -0.25) is 4.79 Å². The number of nitrogens with zero attached hydrogens (tertiary/aromatic N) is 2. The molecule has 0 unspecified atom stereocenters. The first-order valence-corrected chi connectivity index (χ1v) is 8.41. The van der Waals surface area contributed by atoms with Gasteiger partial charge in [-0.05, 0) is 24.3 Å². The van der Waals surface area contributed by atoms with Crippen molar-refractivity contribution in [2.24, 2.45) is 0 Å². The molecule has 1 amide bonds. The van der Waals surface area contributed by atoms with E-state index in [2.05, 4.69) is 9.40 Å². The van der Waals surface area contributed by atoms with Crippen molar-refractivity contribution >= 4 is 5.91 Å². The smallest absolute Gasteiger partial charge is 0.468 e. The number of likely N-dealkylation sites (N-methyl/N-ethyl adjacent to an activating group) is 1. The Hall–Kier alpha value is -3.29. The third-order valence-electron chi connectivity index (χ3n) is 3.96. The van der Waals surface area contributed by atoms with Gasteiger partial charge in [0.25, 0.3) is 5.91 Å². The highest BCUT2D eigenvalue weighted by atomic mass is 19.4. The molecular weight excluding hydrogens is 373 g/mol. The molecule has 0 saturated heterocycles. The zero-order valence-electron chi connectivity index (χ0n) is 14.9. The number of carbonyl (C=O) groups excluding carboxylic acids is 1. The molecule has 0 fully saturated rings. The van der Waals surface area contributed by atoms with E-state index in [0.29, 0.717) is 24.3 Å². The topological polar surface area (TPSA) is 55.6 Å². The van der Waals surface area contributed by atoms with Crippen LogP contribution in [0.5, 0.6) is 5.75 Å². The summed E-state index contributed by atoms with van der Waals surface area (Å²) in [6.45, 7) is 0.719. The van der Waals surface area contributed by atoms with Crippen LogP contribution in [0.2, 0.25) is 0 Å². The summed E-state index contributed by atoms with van der Waals surface area (Å²) < 4.78 is 47.7. The van der Waals surface area contributed by atoms with E-state index >= 15 is 0 Å². The minimum atomic E-state index is -4.64. The van der Waals surface area contributed by atoms with Gasteiger partial charge in [0.15, 0.2) is 0 Å². The van der Waals surface area contributed by atoms with Gasteiger partial charge in [0.2, 0.25) is 0 Å². The summed E-state index contributed by atoms with van der Waals surface area (Å²) in [5.74, 6) is -0.807. The first kappa shape index (κ1) is 19.5. The molecule has 8 heteroatoms. The van der Waals surface area contributed by atoms with Crippen LogP contribution in [0, 0.1) is 0 Å². The molecule has 0 bridgehead atoms. The molecule has 0 saturated carbocycles. The average molecular weight is 390 g/mol. The predicted molar refractivity (Wildman–Crippen MR) is 95.8 cm³/mol. The minimum Gasteiger partial charge on any atom is -0.492 e. The number of benzene rings is 2. The third kappa shape index (κ3) is 4.70. The Morgan fingerprint density at radius 2 is 1.79 bits per heavy atom. The monoisotopic (exact) mass is 390 g/mol. The lowest BCUT2D eigenvalue weighted by Gasteiger charge is -2.17. The van der Waals surface area contributed by atoms with Crippen molar-refractivity contribution in [2.45, 2.75) is 6.18 Å². The second-order valence-corrected chi connectivity index (χ2v) is 6.00. The molecule has 3 aromatic rings. The highest BCUT2D eigenvalue weighted by Gasteiger charge is 2.37. The lowest BCUT2D eigenvalue weighted by molar-refractivity contribution is -0.157. The Bertz CT molecular complexity index is 922. The summed E-state index contributed by atoms with van der Waals surface area (Å²) in [6, 6.07) is 15.4. The number of halogens is 3. The van der Waals surface area contributed by atoms with E-state index in [0.717, 1.165) is 12.0 Å². The Morgan fingerprint density at radius 1 is 1.11 bits per heavy atom. The van der Waals surface area contributed by atoms with E-state index in [9.17, 15) is 18.0 Å². The van der Waals surface area contributed by atoms with Crippen molar-refractivity contribution in [3.63, 3.8) is 0 Å². The molecule has 1 heterocycles. The van der Waals surface area contributed by atoms with Crippen LogP contribution in [-0.2, 0) is 6.18 Å². The Kier molecular flexibility index (Phi) is 5.67. The maximum atomic E-state index is 12.6. The molecule has 0 radical (unpaired) electrons. The number of alkyl halides is 3. The number of amides is 1. The molecule has 146 valence electrons. The van der Waals surface area contributed by atoms with Crippen molar-refractivity contribution < 1.29 is 27.1 Å². The zero-order chi connectivity index (χ0) is 20.1. The van der Waals surface area contributed by atoms with Crippen LogP contribution >= 0.6 is 0 Å². The molecule has 0 aliphatic rings. The van der Waals surface area contributed by atoms with Crippen molar-refractivity contribution in [3.05, 3.63) is 72.3 Å². The fourth-order valence-electron chi connectivity index (χ4n) is 2.46. The fraction of sp³-hybridized carbons (Fsp3) is 0.200. The molecule has 28 heavy (non-hydrogen) atoms. The lowest BCUT2D eigenvalue weighted by atomic mass is 10.1. The molecule has 0 aliphatic carbocycles. The van der Waals surface area contributed by atoms with Crippen LogP contribution in [0.1, 0.15) is 16.2 Å². The van der Waals surface area contributed by atoms with Gasteiger partial charge in [-0.2, -0.15) is 13.2 Å². The quantitative estimate of drug-likeness (QED) is 0.621. The number of oxazole rings is 1. The number of aromatic nitrogens is 1. The van der Waals surface area contributed by atoms with Crippen LogP contribution < -0.4 is 4.74 Å². The summed E-state index contributed by atoms with van der Waals surface area (Å²) >= 11 is 0. The maximum Gasteiger partial charge on any atom is 0.468 e. The van der Waals surface area contributed by atoms with Crippen molar-refractivity contribution in [1.29, 1.82) is 0 Å². The highest BCUT2D eigenvalue weighted by molar-refractivity contribution is 5.94. The van der Waals surface area contributed by atoms with Gasteiger partial charge in [-0.15, -0.1) is 0 Å². The zero-order valence-corrected chi connectivity index (χ0v) is 14.9. The standard InChI is InChI=1S/C20H17F3N2O3/c1-25(11-12-27-16-5-3-2-4-6-16)18(26)15-9-7-14(8-10-15)17-13-28-19(24-17)20(21,22)23/h2-10,13H,11-12H2,1H3. The maximum absolute atomic E-state index is 12.6. The van der Waals surface area contributed by atoms with Gasteiger partial charge >= 0.3 is 12.1 Å². The SMILES string of the molecule is CN(CCOc1ccccc1)C(=O)c1ccc(-c2coc(C(F)(F)F)n2)cc1. The highest BCUT2D eigenvalue weighted by Crippen LogP contribution is 2.30. The van der Waals surface area contributed by atoms with Crippen LogP contribution in [0.3, 0.4) is 0 Å². The number of para-hydroxylation sites is 1. The van der Waals surface area contributed by atoms with E-state index in [1.54, 1.807) is 7.05 Å². The summed E-state index contributed by atoms with van der Waals surface area (Å²) in [4.78, 5) is 17.4. The molecule has 1 aromatic heterocycles. The number of hydrogen-bond donors (Lipinski definition) is 0. The number of hydrogen-bond acceptors (Lipinski definition) is 4. The number of ether oxygens (including phenoxy) is 1. The minimum absolute atomic E-state index is 0.0518. The van der Waals surface area contributed by atoms with Crippen molar-refractivity contribution in [3.8, 4) is 17.0 Å². The van der Waals surface area contributed by atoms with Crippen LogP contribution in [-0.4, -0.2) is 36.0 Å². The van der Waals surface area contributed by atoms with Crippen molar-refractivity contribution in [1.82, 2.24) is 9.88 Å². The summed E-state index contributed by atoms with van der Waals surface area (Å²) in [5.41, 5.74) is 0.882. The molecule has 0 N–H and O–H groups in total. The van der Waals surface area contributed by atoms with Gasteiger partial charge < -0.3 is 14.1 Å². The van der Waals surface area contributed by atoms with Crippen LogP contribution in [0.4, 0.5) is 13.2 Å². The molecule has 5 nitrogen and oxygen atoms in total. The number of carbonyl (C=O) groups is 1. The van der Waals surface area contributed by atoms with E-state index < -0.39 is 12.1 Å². The predicted octanol–water partition coefficient (Wildman–Crippen LogP) is 4.51. The molecule has 3 rings (SSSR count). The fourth-order valence-corrected chi connectivity index (χ4v) is 2.46. The van der Waals surface area contributed by atoms with Gasteiger partial charge in [0.1, 0.15) is 24.3 Å². The normalized spacial score (nSPS) is 11.3. The van der Waals surface area contributed by atoms with Crippen LogP contribution in [0.15, 0.2) is 65.3 Å². The molecule has 0 spiro atoms. The van der Waals surface area contributed by atoms with Gasteiger partial charge in [0, 0.05) is 18.2 Å². The Balaban J connectivity index is 1.59. The summed E-state index contributed by atoms with van der Waals surface area (Å²) in [5, 5.41) is 0. The van der Waals surface area contributed by atoms with E-state index in [1.165, 1.54) is 29.2 Å². The summed E-state index contributed by atoms with van der Waals surface area (Å²) in [7, 11) is 1.65. The Labute approximate surface area is 159 Å². The molecular formula is C20H17F3N2O3. The second kappa shape index (κ2) is 8.16. The van der Waals surface area contributed by atoms with Gasteiger partial charge in [-0.25, -0.2) is 4.98 Å². The Morgan fingerprint density at radius 3 is 2.39 bits per heavy atom. The lowest BCUT2D eigenvalue weighted by Crippen LogP contribution is -2.30. The largest absolute Gasteiger partial charge is 0.492 e. The third-order valence-corrected chi connectivity index (χ3v) is 3.96. The average Bonchev–Trinajstić information content (AvgIpc) is 3.19. The van der Waals surface area contributed by atoms with Gasteiger partial charge in [-0.1, -0.05) is 30.3 Å². The summed E-state index contributed by atoms with van der Waals surface area (Å²) in [6.07, 6.45) is -3.70. The first-order valence-electron chi connectivity index (χ1n) is 8.41. The first-order chi connectivity index (χ1) is 13.3. The second-order valence-electron chi connectivity index (χ2n) is 6.00. The number of rotatable bonds is 6. The molecule has 0 aliphatic heterocycles. The van der Waals surface area contributed by atoms with E-state index in [-0.39, 0.29) is 11.6 Å². The van der Waals surface area contributed by atoms with Crippen molar-refractivity contribution in [2.75, 3.05) is 20.2 Å².